The van der Waals surface area contributed by atoms with E-state index in [-0.39, 0.29) is 55.2 Å². The zero-order valence-corrected chi connectivity index (χ0v) is 33.1. The molecule has 4 rings (SSSR count). The summed E-state index contributed by atoms with van der Waals surface area (Å²) in [6.07, 6.45) is 4.64. The van der Waals surface area contributed by atoms with Crippen LogP contribution in [0.5, 0.6) is 0 Å². The zero-order chi connectivity index (χ0) is 39.3. The molecule has 3 fully saturated rings. The predicted octanol–water partition coefficient (Wildman–Crippen LogP) is 5.38. The molecule has 0 saturated carbocycles. The van der Waals surface area contributed by atoms with E-state index < -0.39 is 59.3 Å². The molecule has 3 aliphatic heterocycles. The molecule has 2 bridgehead atoms. The van der Waals surface area contributed by atoms with Gasteiger partial charge in [0.05, 0.1) is 43.2 Å². The van der Waals surface area contributed by atoms with Gasteiger partial charge in [-0.25, -0.2) is 0 Å². The van der Waals surface area contributed by atoms with E-state index in [1.54, 1.807) is 22.0 Å². The third kappa shape index (κ3) is 8.73. The lowest BCUT2D eigenvalue weighted by molar-refractivity contribution is -0.164. The summed E-state index contributed by atoms with van der Waals surface area (Å²) in [6, 6.07) is 6.66. The number of nitrogens with zero attached hydrogens (tertiary/aromatic N) is 2. The second-order valence-electron chi connectivity index (χ2n) is 16.9. The first-order valence-electron chi connectivity index (χ1n) is 19.2. The molecular weight excluding hydrogens is 674 g/mol. The van der Waals surface area contributed by atoms with Gasteiger partial charge in [-0.05, 0) is 56.4 Å². The summed E-state index contributed by atoms with van der Waals surface area (Å²) in [5.74, 6) is -3.70. The van der Waals surface area contributed by atoms with Gasteiger partial charge in [-0.15, -0.1) is 13.2 Å². The smallest absolute Gasteiger partial charge is 0.313 e. The van der Waals surface area contributed by atoms with Crippen LogP contribution in [0.4, 0.5) is 0 Å². The third-order valence-electron chi connectivity index (χ3n) is 11.4. The number of hydrogen-bond acceptors (Lipinski definition) is 8. The van der Waals surface area contributed by atoms with Crippen LogP contribution in [0.1, 0.15) is 98.7 Å². The molecule has 11 nitrogen and oxygen atoms in total. The standard InChI is InChI=1S/C42H63N3O8/c1-11-14-20-32(47)43-29(25-51-10)35(28-18-16-15-17-19-28)52-39(50)33-31-21-22-42(53-31)34(33)37(48)45(30(24-46)27(4)13-3)36(42)38(49)44(23-12-2)41(8,9)26-40(5,6)7/h11-12,15-19,27,29-31,33-36,46H,1-2,13-14,20-26H2,3-10H3,(H,43,47)/t27-,29-,30-,31-,33+,34+,35-,36-,42+/m0/s1. The Kier molecular flexibility index (Phi) is 13.8. The number of rotatable bonds is 19. The van der Waals surface area contributed by atoms with Gasteiger partial charge in [-0.2, -0.15) is 0 Å². The van der Waals surface area contributed by atoms with Crippen LogP contribution >= 0.6 is 0 Å². The van der Waals surface area contributed by atoms with Crippen molar-refractivity contribution in [3.63, 3.8) is 0 Å². The van der Waals surface area contributed by atoms with Crippen molar-refractivity contribution in [3.8, 4) is 0 Å². The zero-order valence-electron chi connectivity index (χ0n) is 33.1. The average molecular weight is 738 g/mol. The Balaban J connectivity index is 1.79. The Morgan fingerprint density at radius 2 is 1.83 bits per heavy atom. The number of carbonyl (C=O) groups is 4. The number of aliphatic hydroxyl groups is 1. The van der Waals surface area contributed by atoms with Gasteiger partial charge in [0.25, 0.3) is 0 Å². The molecule has 0 radical (unpaired) electrons. The third-order valence-corrected chi connectivity index (χ3v) is 11.4. The highest BCUT2D eigenvalue weighted by Crippen LogP contribution is 2.60. The lowest BCUT2D eigenvalue weighted by Crippen LogP contribution is -2.63. The van der Waals surface area contributed by atoms with E-state index in [1.807, 2.05) is 58.0 Å². The first kappa shape index (κ1) is 42.2. The van der Waals surface area contributed by atoms with Gasteiger partial charge in [-0.1, -0.05) is 83.5 Å². The van der Waals surface area contributed by atoms with Crippen molar-refractivity contribution < 1.29 is 38.5 Å². The quantitative estimate of drug-likeness (QED) is 0.143. The lowest BCUT2D eigenvalue weighted by atomic mass is 9.70. The number of carbonyl (C=O) groups excluding carboxylic acids is 4. The van der Waals surface area contributed by atoms with E-state index in [4.69, 9.17) is 14.2 Å². The maximum atomic E-state index is 15.2. The molecule has 1 spiro atoms. The number of hydrogen-bond donors (Lipinski definition) is 2. The maximum Gasteiger partial charge on any atom is 0.313 e. The first-order chi connectivity index (χ1) is 25.0. The van der Waals surface area contributed by atoms with Gasteiger partial charge in [0.15, 0.2) is 0 Å². The molecule has 0 unspecified atom stereocenters. The molecular formula is C42H63N3O8. The van der Waals surface area contributed by atoms with Gasteiger partial charge in [0.2, 0.25) is 17.7 Å². The molecule has 3 saturated heterocycles. The fraction of sp³-hybridized carbons (Fsp3) is 0.667. The van der Waals surface area contributed by atoms with Crippen LogP contribution in [-0.4, -0.2) is 101 Å². The summed E-state index contributed by atoms with van der Waals surface area (Å²) < 4.78 is 18.6. The summed E-state index contributed by atoms with van der Waals surface area (Å²) >= 11 is 0. The van der Waals surface area contributed by atoms with Crippen molar-refractivity contribution in [3.05, 3.63) is 61.2 Å². The fourth-order valence-electron chi connectivity index (χ4n) is 9.24. The number of fused-ring (bicyclic) bond motifs is 1. The Morgan fingerprint density at radius 3 is 2.40 bits per heavy atom. The van der Waals surface area contributed by atoms with E-state index in [2.05, 4.69) is 39.2 Å². The van der Waals surface area contributed by atoms with Crippen LogP contribution in [0.25, 0.3) is 0 Å². The predicted molar refractivity (Wildman–Crippen MR) is 203 cm³/mol. The van der Waals surface area contributed by atoms with E-state index in [0.29, 0.717) is 37.7 Å². The lowest BCUT2D eigenvalue weighted by Gasteiger charge is -2.47. The highest BCUT2D eigenvalue weighted by molar-refractivity contribution is 5.98. The molecule has 294 valence electrons. The Hall–Kier alpha value is -3.54. The molecule has 1 aromatic carbocycles. The SMILES string of the molecule is C=CCCC(=O)N[C@@H](COC)[C@@H](OC(=O)[C@@H]1[C@@H]2CC[C@]3(O2)[C@H](C(=O)N(CC=C)C(C)(C)CC(C)(C)C)N([C@@H](CO)[C@@H](C)CC)C(=O)[C@@H]13)c1ccccc1. The van der Waals surface area contributed by atoms with Gasteiger partial charge in [-0.3, -0.25) is 19.2 Å². The number of benzene rings is 1. The van der Waals surface area contributed by atoms with E-state index in [1.165, 1.54) is 7.11 Å². The minimum absolute atomic E-state index is 0.0600. The summed E-state index contributed by atoms with van der Waals surface area (Å²) in [5.41, 5.74) is -1.38. The molecule has 11 heteroatoms. The summed E-state index contributed by atoms with van der Waals surface area (Å²) in [6.45, 7) is 22.0. The number of methoxy groups -OCH3 is 1. The fourth-order valence-corrected chi connectivity index (χ4v) is 9.24. The maximum absolute atomic E-state index is 15.2. The summed E-state index contributed by atoms with van der Waals surface area (Å²) in [7, 11) is 1.51. The van der Waals surface area contributed by atoms with Crippen LogP contribution in [0.2, 0.25) is 0 Å². The van der Waals surface area contributed by atoms with E-state index >= 15 is 4.79 Å². The number of allylic oxidation sites excluding steroid dienone is 1. The van der Waals surface area contributed by atoms with Crippen LogP contribution in [0.15, 0.2) is 55.6 Å². The van der Waals surface area contributed by atoms with Crippen molar-refractivity contribution >= 4 is 23.7 Å². The van der Waals surface area contributed by atoms with E-state index in [9.17, 15) is 19.5 Å². The summed E-state index contributed by atoms with van der Waals surface area (Å²) in [4.78, 5) is 61.1. The average Bonchev–Trinajstić information content (AvgIpc) is 3.75. The molecule has 1 aromatic rings. The highest BCUT2D eigenvalue weighted by Gasteiger charge is 2.76. The normalized spacial score (nSPS) is 26.0. The molecule has 3 aliphatic rings. The topological polar surface area (TPSA) is 135 Å². The Morgan fingerprint density at radius 1 is 1.15 bits per heavy atom. The van der Waals surface area contributed by atoms with Crippen molar-refractivity contribution in [1.82, 2.24) is 15.1 Å². The first-order valence-corrected chi connectivity index (χ1v) is 19.2. The highest BCUT2D eigenvalue weighted by atomic mass is 16.6. The Labute approximate surface area is 316 Å². The second kappa shape index (κ2) is 17.3. The molecule has 3 heterocycles. The van der Waals surface area contributed by atoms with Gasteiger partial charge < -0.3 is 34.4 Å². The van der Waals surface area contributed by atoms with Gasteiger partial charge in [0, 0.05) is 25.6 Å². The summed E-state index contributed by atoms with van der Waals surface area (Å²) in [5, 5.41) is 13.8. The van der Waals surface area contributed by atoms with Crippen LogP contribution in [0, 0.1) is 23.2 Å². The number of nitrogens with one attached hydrogen (secondary N) is 1. The molecule has 2 N–H and O–H groups in total. The molecule has 0 aromatic heterocycles. The number of ether oxygens (including phenoxy) is 3. The minimum Gasteiger partial charge on any atom is -0.455 e. The van der Waals surface area contributed by atoms with E-state index in [0.717, 1.165) is 0 Å². The minimum atomic E-state index is -1.30. The van der Waals surface area contributed by atoms with Gasteiger partial charge >= 0.3 is 5.97 Å². The number of likely N-dealkylation sites (tertiary alicyclic amines) is 1. The second-order valence-corrected chi connectivity index (χ2v) is 16.9. The van der Waals surface area contributed by atoms with Gasteiger partial charge in [0.1, 0.15) is 17.7 Å². The van der Waals surface area contributed by atoms with Crippen molar-refractivity contribution in [2.24, 2.45) is 23.2 Å². The monoisotopic (exact) mass is 737 g/mol. The molecule has 53 heavy (non-hydrogen) atoms. The van der Waals surface area contributed by atoms with Crippen LogP contribution in [-0.2, 0) is 33.4 Å². The number of aliphatic hydroxyl groups excluding tert-OH is 1. The van der Waals surface area contributed by atoms with Crippen molar-refractivity contribution in [2.45, 2.75) is 128 Å². The van der Waals surface area contributed by atoms with Crippen molar-refractivity contribution in [1.29, 1.82) is 0 Å². The molecule has 9 atom stereocenters. The largest absolute Gasteiger partial charge is 0.455 e. The number of amides is 3. The van der Waals surface area contributed by atoms with Crippen molar-refractivity contribution in [2.75, 3.05) is 26.9 Å². The number of esters is 1. The van der Waals surface area contributed by atoms with Crippen LogP contribution in [0.3, 0.4) is 0 Å². The Bertz CT molecular complexity index is 1470. The molecule has 3 amide bonds. The molecule has 0 aliphatic carbocycles. The van der Waals surface area contributed by atoms with Crippen LogP contribution < -0.4 is 5.32 Å².